The standard InChI is InChI=1S/C17H24N2O2S2/c1-3-21-14(20)10(2)22-16-19-18-15(23-16)17-7-11-4-12(8-17)6-13(5-11)9-17/h10-13H,3-9H2,1-2H3. The van der Waals surface area contributed by atoms with Gasteiger partial charge in [0, 0.05) is 5.41 Å². The van der Waals surface area contributed by atoms with Crippen LogP contribution in [-0.4, -0.2) is 28.0 Å². The molecule has 0 amide bonds. The van der Waals surface area contributed by atoms with Crippen LogP contribution in [0.2, 0.25) is 0 Å². The predicted molar refractivity (Wildman–Crippen MR) is 91.7 cm³/mol. The molecule has 0 aromatic carbocycles. The lowest BCUT2D eigenvalue weighted by Gasteiger charge is -2.55. The molecule has 23 heavy (non-hydrogen) atoms. The minimum absolute atomic E-state index is 0.163. The molecule has 0 aliphatic heterocycles. The fourth-order valence-corrected chi connectivity index (χ4v) is 7.52. The molecule has 4 nitrogen and oxygen atoms in total. The Labute approximate surface area is 145 Å². The van der Waals surface area contributed by atoms with E-state index in [1.54, 1.807) is 11.3 Å². The third-order valence-corrected chi connectivity index (χ3v) is 8.13. The summed E-state index contributed by atoms with van der Waals surface area (Å²) in [5.41, 5.74) is 0.304. The number of hydrogen-bond donors (Lipinski definition) is 0. The molecule has 1 aromatic rings. The molecule has 0 N–H and O–H groups in total. The summed E-state index contributed by atoms with van der Waals surface area (Å²) < 4.78 is 5.99. The minimum Gasteiger partial charge on any atom is -0.465 e. The molecule has 0 spiro atoms. The van der Waals surface area contributed by atoms with Crippen molar-refractivity contribution in [1.82, 2.24) is 10.2 Å². The summed E-state index contributed by atoms with van der Waals surface area (Å²) >= 11 is 3.20. The smallest absolute Gasteiger partial charge is 0.319 e. The number of carbonyl (C=O) groups is 1. The topological polar surface area (TPSA) is 52.1 Å². The van der Waals surface area contributed by atoms with Crippen molar-refractivity contribution in [2.75, 3.05) is 6.61 Å². The Bertz CT molecular complexity index is 566. The van der Waals surface area contributed by atoms with Crippen LogP contribution < -0.4 is 0 Å². The van der Waals surface area contributed by atoms with Crippen LogP contribution >= 0.6 is 23.1 Å². The highest BCUT2D eigenvalue weighted by Crippen LogP contribution is 2.61. The highest BCUT2D eigenvalue weighted by atomic mass is 32.2. The van der Waals surface area contributed by atoms with Crippen LogP contribution in [-0.2, 0) is 14.9 Å². The maximum Gasteiger partial charge on any atom is 0.319 e. The van der Waals surface area contributed by atoms with Crippen LogP contribution in [0.15, 0.2) is 4.34 Å². The lowest BCUT2D eigenvalue weighted by molar-refractivity contribution is -0.142. The number of nitrogens with zero attached hydrogens (tertiary/aromatic N) is 2. The van der Waals surface area contributed by atoms with Gasteiger partial charge >= 0.3 is 5.97 Å². The van der Waals surface area contributed by atoms with Crippen LogP contribution in [0.25, 0.3) is 0 Å². The van der Waals surface area contributed by atoms with Crippen molar-refractivity contribution in [2.24, 2.45) is 17.8 Å². The van der Waals surface area contributed by atoms with Gasteiger partial charge in [-0.3, -0.25) is 4.79 Å². The first-order valence-corrected chi connectivity index (χ1v) is 10.4. The molecule has 6 heteroatoms. The number of aromatic nitrogens is 2. The van der Waals surface area contributed by atoms with E-state index in [2.05, 4.69) is 10.2 Å². The molecule has 1 unspecified atom stereocenters. The van der Waals surface area contributed by atoms with Crippen molar-refractivity contribution in [1.29, 1.82) is 0 Å². The highest BCUT2D eigenvalue weighted by molar-refractivity contribution is 8.02. The average Bonchev–Trinajstić information content (AvgIpc) is 2.95. The molecule has 1 aromatic heterocycles. The Morgan fingerprint density at radius 3 is 2.43 bits per heavy atom. The molecular formula is C17H24N2O2S2. The van der Waals surface area contributed by atoms with Crippen LogP contribution in [0.4, 0.5) is 0 Å². The molecule has 4 bridgehead atoms. The van der Waals surface area contributed by atoms with Gasteiger partial charge in [0.25, 0.3) is 0 Å². The largest absolute Gasteiger partial charge is 0.465 e. The van der Waals surface area contributed by atoms with Gasteiger partial charge in [0.05, 0.1) is 6.61 Å². The molecule has 4 fully saturated rings. The molecule has 1 heterocycles. The zero-order chi connectivity index (χ0) is 16.0. The highest BCUT2D eigenvalue weighted by Gasteiger charge is 2.53. The lowest BCUT2D eigenvalue weighted by atomic mass is 9.50. The first-order chi connectivity index (χ1) is 11.1. The van der Waals surface area contributed by atoms with E-state index in [-0.39, 0.29) is 11.2 Å². The molecule has 126 valence electrons. The van der Waals surface area contributed by atoms with E-state index in [4.69, 9.17) is 4.74 Å². The van der Waals surface area contributed by atoms with Crippen molar-refractivity contribution >= 4 is 29.1 Å². The first kappa shape index (κ1) is 15.9. The molecule has 5 rings (SSSR count). The van der Waals surface area contributed by atoms with Gasteiger partial charge in [-0.05, 0) is 70.1 Å². The third kappa shape index (κ3) is 2.93. The summed E-state index contributed by atoms with van der Waals surface area (Å²) in [5, 5.41) is 9.96. The molecule has 4 aliphatic rings. The van der Waals surface area contributed by atoms with Crippen molar-refractivity contribution in [2.45, 2.75) is 67.4 Å². The zero-order valence-electron chi connectivity index (χ0n) is 13.8. The van der Waals surface area contributed by atoms with E-state index in [9.17, 15) is 4.79 Å². The van der Waals surface area contributed by atoms with Gasteiger partial charge < -0.3 is 4.74 Å². The van der Waals surface area contributed by atoms with Crippen LogP contribution in [0.5, 0.6) is 0 Å². The summed E-state index contributed by atoms with van der Waals surface area (Å²) in [4.78, 5) is 11.8. The Morgan fingerprint density at radius 1 is 1.26 bits per heavy atom. The predicted octanol–water partition coefficient (Wildman–Crippen LogP) is 4.05. The van der Waals surface area contributed by atoms with Gasteiger partial charge in [-0.1, -0.05) is 23.1 Å². The lowest BCUT2D eigenvalue weighted by Crippen LogP contribution is -2.48. The summed E-state index contributed by atoms with van der Waals surface area (Å²) in [6.07, 6.45) is 8.27. The molecule has 0 saturated heterocycles. The quantitative estimate of drug-likeness (QED) is 0.591. The van der Waals surface area contributed by atoms with Crippen LogP contribution in [0, 0.1) is 17.8 Å². The normalized spacial score (nSPS) is 36.2. The molecule has 1 atom stereocenters. The Hall–Kier alpha value is -0.620. The summed E-state index contributed by atoms with van der Waals surface area (Å²) in [6, 6.07) is 0. The van der Waals surface area contributed by atoms with Crippen molar-refractivity contribution in [3.63, 3.8) is 0 Å². The second-order valence-corrected chi connectivity index (χ2v) is 10.1. The van der Waals surface area contributed by atoms with Gasteiger partial charge in [0.2, 0.25) is 0 Å². The summed E-state index contributed by atoms with van der Waals surface area (Å²) in [5.74, 6) is 2.59. The number of ether oxygens (including phenoxy) is 1. The van der Waals surface area contributed by atoms with Gasteiger partial charge in [-0.15, -0.1) is 10.2 Å². The maximum absolute atomic E-state index is 11.8. The van der Waals surface area contributed by atoms with E-state index in [0.717, 1.165) is 22.1 Å². The molecule has 4 aliphatic carbocycles. The van der Waals surface area contributed by atoms with Gasteiger partial charge in [-0.2, -0.15) is 0 Å². The van der Waals surface area contributed by atoms with E-state index < -0.39 is 0 Å². The number of thioether (sulfide) groups is 1. The fraction of sp³-hybridized carbons (Fsp3) is 0.824. The SMILES string of the molecule is CCOC(=O)C(C)Sc1nnc(C23CC4CC(CC(C4)C2)C3)s1. The van der Waals surface area contributed by atoms with E-state index in [1.807, 2.05) is 13.8 Å². The Kier molecular flexibility index (Phi) is 4.16. The number of rotatable bonds is 5. The van der Waals surface area contributed by atoms with E-state index in [0.29, 0.717) is 12.0 Å². The van der Waals surface area contributed by atoms with Crippen LogP contribution in [0.1, 0.15) is 57.4 Å². The average molecular weight is 353 g/mol. The zero-order valence-corrected chi connectivity index (χ0v) is 15.4. The second kappa shape index (κ2) is 6.03. The third-order valence-electron chi connectivity index (χ3n) is 5.79. The van der Waals surface area contributed by atoms with E-state index in [1.165, 1.54) is 55.3 Å². The fourth-order valence-electron chi connectivity index (χ4n) is 5.30. The number of hydrogen-bond acceptors (Lipinski definition) is 6. The minimum atomic E-state index is -0.216. The molecule has 0 radical (unpaired) electrons. The monoisotopic (exact) mass is 352 g/mol. The Balaban J connectivity index is 1.49. The van der Waals surface area contributed by atoms with Gasteiger partial charge in [-0.25, -0.2) is 0 Å². The molecule has 4 saturated carbocycles. The van der Waals surface area contributed by atoms with Crippen molar-refractivity contribution < 1.29 is 9.53 Å². The van der Waals surface area contributed by atoms with Gasteiger partial charge in [0.1, 0.15) is 10.3 Å². The maximum atomic E-state index is 11.8. The summed E-state index contributed by atoms with van der Waals surface area (Å²) in [7, 11) is 0. The van der Waals surface area contributed by atoms with Crippen molar-refractivity contribution in [3.8, 4) is 0 Å². The van der Waals surface area contributed by atoms with E-state index >= 15 is 0 Å². The Morgan fingerprint density at radius 2 is 1.87 bits per heavy atom. The second-order valence-electron chi connectivity index (χ2n) is 7.58. The van der Waals surface area contributed by atoms with Gasteiger partial charge in [0.15, 0.2) is 4.34 Å². The van der Waals surface area contributed by atoms with Crippen LogP contribution in [0.3, 0.4) is 0 Å². The van der Waals surface area contributed by atoms with Crippen molar-refractivity contribution in [3.05, 3.63) is 5.01 Å². The number of carbonyl (C=O) groups excluding carboxylic acids is 1. The number of esters is 1. The summed E-state index contributed by atoms with van der Waals surface area (Å²) in [6.45, 7) is 4.15. The first-order valence-electron chi connectivity index (χ1n) is 8.75. The molecular weight excluding hydrogens is 328 g/mol.